The highest BCUT2D eigenvalue weighted by molar-refractivity contribution is 5.53. The minimum atomic E-state index is -0.440. The molecule has 2 atom stereocenters. The first-order valence-electron chi connectivity index (χ1n) is 7.06. The zero-order chi connectivity index (χ0) is 14.1. The highest BCUT2D eigenvalue weighted by Crippen LogP contribution is 2.30. The lowest BCUT2D eigenvalue weighted by Gasteiger charge is -2.32. The number of nitrogen functional groups attached to an aromatic ring is 1. The first kappa shape index (κ1) is 13.1. The molecule has 0 amide bonds. The molecule has 1 aromatic heterocycles. The fourth-order valence-electron chi connectivity index (χ4n) is 3.32. The summed E-state index contributed by atoms with van der Waals surface area (Å²) in [5, 5.41) is 14.2. The Kier molecular flexibility index (Phi) is 3.43. The van der Waals surface area contributed by atoms with Crippen LogP contribution in [0.15, 0.2) is 12.1 Å². The average molecular weight is 277 g/mol. The van der Waals surface area contributed by atoms with E-state index in [1.165, 1.54) is 31.4 Å². The van der Waals surface area contributed by atoms with Crippen LogP contribution in [0.25, 0.3) is 0 Å². The Hall–Kier alpha value is -1.89. The second kappa shape index (κ2) is 5.24. The maximum Gasteiger partial charge on any atom is 0.276 e. The van der Waals surface area contributed by atoms with E-state index in [-0.39, 0.29) is 11.5 Å². The lowest BCUT2D eigenvalue weighted by Crippen LogP contribution is -2.41. The Bertz CT molecular complexity index is 521. The molecule has 0 aromatic carbocycles. The summed E-state index contributed by atoms with van der Waals surface area (Å²) >= 11 is 0. The summed E-state index contributed by atoms with van der Waals surface area (Å²) in [6, 6.07) is 3.57. The average Bonchev–Trinajstić information content (AvgIpc) is 2.82. The van der Waals surface area contributed by atoms with Crippen LogP contribution in [0.3, 0.4) is 0 Å². The van der Waals surface area contributed by atoms with Crippen LogP contribution in [0.2, 0.25) is 0 Å². The fourth-order valence-corrected chi connectivity index (χ4v) is 3.32. The van der Waals surface area contributed by atoms with Crippen molar-refractivity contribution in [3.8, 4) is 0 Å². The smallest absolute Gasteiger partial charge is 0.276 e. The normalized spacial score (nSPS) is 26.2. The summed E-state index contributed by atoms with van der Waals surface area (Å²) < 4.78 is 0. The van der Waals surface area contributed by atoms with Gasteiger partial charge < -0.3 is 11.1 Å². The van der Waals surface area contributed by atoms with Crippen LogP contribution in [-0.2, 0) is 0 Å². The van der Waals surface area contributed by atoms with E-state index < -0.39 is 4.92 Å². The third kappa shape index (κ3) is 2.53. The highest BCUT2D eigenvalue weighted by atomic mass is 16.6. The number of fused-ring (bicyclic) bond motifs is 1. The maximum absolute atomic E-state index is 10.9. The van der Waals surface area contributed by atoms with Crippen molar-refractivity contribution >= 4 is 17.3 Å². The molecule has 3 rings (SSSR count). The van der Waals surface area contributed by atoms with Gasteiger partial charge >= 0.3 is 0 Å². The summed E-state index contributed by atoms with van der Waals surface area (Å²) in [6.07, 6.45) is 4.76. The zero-order valence-electron chi connectivity index (χ0n) is 11.3. The molecule has 7 nitrogen and oxygen atoms in total. The Morgan fingerprint density at radius 2 is 2.20 bits per heavy atom. The topological polar surface area (TPSA) is 97.3 Å². The van der Waals surface area contributed by atoms with E-state index in [9.17, 15) is 10.1 Å². The van der Waals surface area contributed by atoms with Gasteiger partial charge in [-0.2, -0.15) is 0 Å². The van der Waals surface area contributed by atoms with Crippen molar-refractivity contribution in [2.24, 2.45) is 0 Å². The van der Waals surface area contributed by atoms with Gasteiger partial charge in [0, 0.05) is 18.6 Å². The van der Waals surface area contributed by atoms with Crippen LogP contribution in [0.4, 0.5) is 17.3 Å². The summed E-state index contributed by atoms with van der Waals surface area (Å²) in [7, 11) is 0. The molecule has 108 valence electrons. The van der Waals surface area contributed by atoms with Gasteiger partial charge in [-0.1, -0.05) is 6.42 Å². The third-order valence-corrected chi connectivity index (χ3v) is 4.23. The first-order valence-corrected chi connectivity index (χ1v) is 7.06. The lowest BCUT2D eigenvalue weighted by atomic mass is 9.99. The number of nitrogens with zero attached hydrogens (tertiary/aromatic N) is 3. The summed E-state index contributed by atoms with van der Waals surface area (Å²) in [5.41, 5.74) is 5.62. The number of nitro groups is 1. The van der Waals surface area contributed by atoms with Gasteiger partial charge in [0.25, 0.3) is 5.69 Å². The maximum atomic E-state index is 10.9. The number of hydrogen-bond acceptors (Lipinski definition) is 6. The van der Waals surface area contributed by atoms with Gasteiger partial charge in [0.2, 0.25) is 0 Å². The molecule has 7 heteroatoms. The minimum Gasteiger partial charge on any atom is -0.383 e. The van der Waals surface area contributed by atoms with Gasteiger partial charge in [-0.15, -0.1) is 0 Å². The Morgan fingerprint density at radius 3 is 3.00 bits per heavy atom. The molecular weight excluding hydrogens is 258 g/mol. The van der Waals surface area contributed by atoms with Crippen LogP contribution >= 0.6 is 0 Å². The quantitative estimate of drug-likeness (QED) is 0.643. The monoisotopic (exact) mass is 277 g/mol. The Balaban J connectivity index is 1.76. The molecule has 0 radical (unpaired) electrons. The molecule has 0 saturated carbocycles. The third-order valence-electron chi connectivity index (χ3n) is 4.23. The highest BCUT2D eigenvalue weighted by Gasteiger charge is 2.35. The molecule has 2 aliphatic rings. The molecule has 2 unspecified atom stereocenters. The van der Waals surface area contributed by atoms with Crippen LogP contribution in [-0.4, -0.2) is 40.0 Å². The van der Waals surface area contributed by atoms with Crippen molar-refractivity contribution in [1.29, 1.82) is 0 Å². The van der Waals surface area contributed by atoms with Gasteiger partial charge in [0.1, 0.15) is 11.6 Å². The largest absolute Gasteiger partial charge is 0.383 e. The molecule has 2 fully saturated rings. The zero-order valence-corrected chi connectivity index (χ0v) is 11.3. The molecule has 20 heavy (non-hydrogen) atoms. The fraction of sp³-hybridized carbons (Fsp3) is 0.615. The van der Waals surface area contributed by atoms with Crippen molar-refractivity contribution in [1.82, 2.24) is 9.88 Å². The van der Waals surface area contributed by atoms with Crippen molar-refractivity contribution < 1.29 is 4.92 Å². The van der Waals surface area contributed by atoms with E-state index in [0.717, 1.165) is 19.5 Å². The van der Waals surface area contributed by atoms with Crippen LogP contribution in [0, 0.1) is 10.1 Å². The van der Waals surface area contributed by atoms with Gasteiger partial charge in [0.05, 0.1) is 17.1 Å². The molecule has 2 aliphatic heterocycles. The Labute approximate surface area is 117 Å². The summed E-state index contributed by atoms with van der Waals surface area (Å²) in [5.74, 6) is 0.689. The number of nitrogens with one attached hydrogen (secondary N) is 1. The molecule has 0 bridgehead atoms. The van der Waals surface area contributed by atoms with Crippen molar-refractivity contribution in [2.75, 3.05) is 24.1 Å². The first-order chi connectivity index (χ1) is 9.63. The number of pyridine rings is 1. The predicted molar refractivity (Wildman–Crippen MR) is 76.5 cm³/mol. The molecule has 0 aliphatic carbocycles. The van der Waals surface area contributed by atoms with E-state index in [1.807, 2.05) is 0 Å². The molecule has 0 spiro atoms. The number of aromatic nitrogens is 1. The van der Waals surface area contributed by atoms with Crippen LogP contribution in [0.5, 0.6) is 0 Å². The number of rotatable bonds is 3. The minimum absolute atomic E-state index is 0.0153. The SMILES string of the molecule is Nc1cc([N+](=O)[O-])cc(NC2CCN3CCCCC23)n1. The predicted octanol–water partition coefficient (Wildman–Crippen LogP) is 1.61. The number of piperidine rings is 1. The summed E-state index contributed by atoms with van der Waals surface area (Å²) in [6.45, 7) is 2.25. The second-order valence-corrected chi connectivity index (χ2v) is 5.53. The van der Waals surface area contributed by atoms with E-state index >= 15 is 0 Å². The van der Waals surface area contributed by atoms with Crippen LogP contribution in [0.1, 0.15) is 25.7 Å². The second-order valence-electron chi connectivity index (χ2n) is 5.53. The molecule has 2 saturated heterocycles. The van der Waals surface area contributed by atoms with E-state index in [0.29, 0.717) is 17.9 Å². The standard InChI is InChI=1S/C13H19N5O2/c14-12-7-9(18(19)20)8-13(16-12)15-10-4-6-17-5-2-1-3-11(10)17/h7-8,10-11H,1-6H2,(H3,14,15,16). The molecule has 1 aromatic rings. The van der Waals surface area contributed by atoms with Crippen molar-refractivity contribution in [2.45, 2.75) is 37.8 Å². The van der Waals surface area contributed by atoms with E-state index in [4.69, 9.17) is 5.73 Å². The summed E-state index contributed by atoms with van der Waals surface area (Å²) in [4.78, 5) is 17.1. The van der Waals surface area contributed by atoms with Gasteiger partial charge in [-0.25, -0.2) is 4.98 Å². The molecule has 3 N–H and O–H groups in total. The van der Waals surface area contributed by atoms with Crippen molar-refractivity contribution in [3.63, 3.8) is 0 Å². The van der Waals surface area contributed by atoms with Crippen LogP contribution < -0.4 is 11.1 Å². The Morgan fingerprint density at radius 1 is 1.35 bits per heavy atom. The lowest BCUT2D eigenvalue weighted by molar-refractivity contribution is -0.384. The van der Waals surface area contributed by atoms with Gasteiger partial charge in [0.15, 0.2) is 0 Å². The van der Waals surface area contributed by atoms with E-state index in [1.54, 1.807) is 0 Å². The van der Waals surface area contributed by atoms with E-state index in [2.05, 4.69) is 15.2 Å². The van der Waals surface area contributed by atoms with Gasteiger partial charge in [-0.3, -0.25) is 15.0 Å². The van der Waals surface area contributed by atoms with Crippen molar-refractivity contribution in [3.05, 3.63) is 22.2 Å². The van der Waals surface area contributed by atoms with Gasteiger partial charge in [-0.05, 0) is 25.8 Å². The molecular formula is C13H19N5O2. The number of anilines is 2. The number of hydrogen-bond donors (Lipinski definition) is 2. The molecule has 3 heterocycles. The number of nitrogens with two attached hydrogens (primary N) is 1.